The van der Waals surface area contributed by atoms with Crippen LogP contribution in [0.1, 0.15) is 12.5 Å². The van der Waals surface area contributed by atoms with Crippen LogP contribution in [0.2, 0.25) is 5.02 Å². The van der Waals surface area contributed by atoms with Crippen molar-refractivity contribution < 1.29 is 9.50 Å². The molecule has 0 aliphatic carbocycles. The molecule has 1 nitrogen and oxygen atoms in total. The van der Waals surface area contributed by atoms with E-state index in [0.717, 1.165) is 0 Å². The lowest BCUT2D eigenvalue weighted by Crippen LogP contribution is -2.06. The molecule has 13 heavy (non-hydrogen) atoms. The van der Waals surface area contributed by atoms with Crippen LogP contribution in [-0.4, -0.2) is 11.2 Å². The molecule has 1 unspecified atom stereocenters. The second kappa shape index (κ2) is 4.40. The van der Waals surface area contributed by atoms with E-state index >= 15 is 0 Å². The van der Waals surface area contributed by atoms with Crippen LogP contribution in [0.25, 0.3) is 0 Å². The predicted molar refractivity (Wildman–Crippen MR) is 54.5 cm³/mol. The molecule has 1 rings (SSSR count). The summed E-state index contributed by atoms with van der Waals surface area (Å²) in [6.07, 6.45) is -0.322. The van der Waals surface area contributed by atoms with Crippen molar-refractivity contribution in [1.82, 2.24) is 0 Å². The summed E-state index contributed by atoms with van der Waals surface area (Å²) < 4.78 is 13.7. The van der Waals surface area contributed by atoms with Gasteiger partial charge in [0.2, 0.25) is 0 Å². The first-order valence-electron chi connectivity index (χ1n) is 3.82. The highest BCUT2D eigenvalue weighted by atomic mass is 79.9. The van der Waals surface area contributed by atoms with Crippen molar-refractivity contribution >= 4 is 27.5 Å². The first-order valence-corrected chi connectivity index (χ1v) is 5.00. The van der Waals surface area contributed by atoms with Gasteiger partial charge in [0.15, 0.2) is 0 Å². The predicted octanol–water partition coefficient (Wildman–Crippen LogP) is 3.16. The van der Waals surface area contributed by atoms with Gasteiger partial charge in [-0.15, -0.1) is 0 Å². The second-order valence-corrected chi connectivity index (χ2v) is 4.08. The maximum Gasteiger partial charge on any atom is 0.127 e. The van der Waals surface area contributed by atoms with Gasteiger partial charge in [-0.25, -0.2) is 4.39 Å². The summed E-state index contributed by atoms with van der Waals surface area (Å²) in [5.74, 6) is -0.350. The molecule has 1 atom stereocenters. The Hall–Kier alpha value is -0.120. The van der Waals surface area contributed by atoms with Gasteiger partial charge in [-0.3, -0.25) is 0 Å². The normalized spacial score (nSPS) is 13.0. The minimum Gasteiger partial charge on any atom is -0.393 e. The van der Waals surface area contributed by atoms with E-state index in [1.165, 1.54) is 12.1 Å². The van der Waals surface area contributed by atoms with Crippen LogP contribution in [0.5, 0.6) is 0 Å². The standard InChI is InChI=1S/C9H9BrClFO/c1-5(13)4-6-8(12)3-2-7(11)9(6)10/h2-3,5,13H,4H2,1H3. The van der Waals surface area contributed by atoms with Crippen molar-refractivity contribution in [2.45, 2.75) is 19.4 Å². The molecule has 0 amide bonds. The summed E-state index contributed by atoms with van der Waals surface area (Å²) in [5, 5.41) is 9.57. The number of hydrogen-bond acceptors (Lipinski definition) is 1. The minimum absolute atomic E-state index is 0.257. The first kappa shape index (κ1) is 11.0. The molecule has 0 spiro atoms. The molecule has 0 saturated heterocycles. The van der Waals surface area contributed by atoms with E-state index in [2.05, 4.69) is 15.9 Å². The Morgan fingerprint density at radius 2 is 2.23 bits per heavy atom. The van der Waals surface area contributed by atoms with Crippen LogP contribution in [0.3, 0.4) is 0 Å². The number of aliphatic hydroxyl groups excluding tert-OH is 1. The van der Waals surface area contributed by atoms with Crippen molar-refractivity contribution in [3.8, 4) is 0 Å². The molecule has 0 aromatic heterocycles. The van der Waals surface area contributed by atoms with Gasteiger partial charge in [0.05, 0.1) is 11.1 Å². The second-order valence-electron chi connectivity index (χ2n) is 2.87. The van der Waals surface area contributed by atoms with Gasteiger partial charge in [-0.1, -0.05) is 11.6 Å². The number of rotatable bonds is 2. The molecule has 0 aliphatic rings. The zero-order valence-electron chi connectivity index (χ0n) is 7.02. The molecule has 0 fully saturated rings. The van der Waals surface area contributed by atoms with Crippen molar-refractivity contribution in [2.75, 3.05) is 0 Å². The Bertz CT molecular complexity index is 315. The minimum atomic E-state index is -0.579. The van der Waals surface area contributed by atoms with E-state index in [9.17, 15) is 4.39 Å². The van der Waals surface area contributed by atoms with E-state index in [4.69, 9.17) is 16.7 Å². The lowest BCUT2D eigenvalue weighted by atomic mass is 10.1. The maximum absolute atomic E-state index is 13.2. The van der Waals surface area contributed by atoms with Crippen LogP contribution in [0, 0.1) is 5.82 Å². The highest BCUT2D eigenvalue weighted by molar-refractivity contribution is 9.10. The third-order valence-electron chi connectivity index (χ3n) is 1.64. The van der Waals surface area contributed by atoms with Gasteiger partial charge in [0, 0.05) is 16.5 Å². The molecule has 1 aromatic rings. The van der Waals surface area contributed by atoms with E-state index in [1.807, 2.05) is 0 Å². The van der Waals surface area contributed by atoms with Gasteiger partial charge in [0.1, 0.15) is 5.82 Å². The molecule has 0 radical (unpaired) electrons. The summed E-state index contributed by atoms with van der Waals surface area (Å²) in [6, 6.07) is 2.78. The third kappa shape index (κ3) is 2.66. The van der Waals surface area contributed by atoms with Crippen LogP contribution in [0.15, 0.2) is 16.6 Å². The number of benzene rings is 1. The molecule has 72 valence electrons. The maximum atomic E-state index is 13.2. The summed E-state index contributed by atoms with van der Waals surface area (Å²) in [7, 11) is 0. The van der Waals surface area contributed by atoms with Gasteiger partial charge >= 0.3 is 0 Å². The Labute approximate surface area is 89.7 Å². The third-order valence-corrected chi connectivity index (χ3v) is 3.09. The average molecular weight is 268 g/mol. The Kier molecular flexibility index (Phi) is 3.71. The monoisotopic (exact) mass is 266 g/mol. The highest BCUT2D eigenvalue weighted by Gasteiger charge is 2.12. The van der Waals surface area contributed by atoms with Crippen LogP contribution >= 0.6 is 27.5 Å². The smallest absolute Gasteiger partial charge is 0.127 e. The summed E-state index contributed by atoms with van der Waals surface area (Å²) in [6.45, 7) is 1.60. The zero-order valence-corrected chi connectivity index (χ0v) is 9.36. The summed E-state index contributed by atoms with van der Waals surface area (Å²) in [4.78, 5) is 0. The fraction of sp³-hybridized carbons (Fsp3) is 0.333. The average Bonchev–Trinajstić information content (AvgIpc) is 2.05. The van der Waals surface area contributed by atoms with Crippen molar-refractivity contribution in [3.05, 3.63) is 33.0 Å². The molecule has 0 bridgehead atoms. The Balaban J connectivity index is 3.10. The van der Waals surface area contributed by atoms with E-state index in [0.29, 0.717) is 15.1 Å². The van der Waals surface area contributed by atoms with E-state index in [-0.39, 0.29) is 12.2 Å². The quantitative estimate of drug-likeness (QED) is 0.816. The number of hydrogen-bond donors (Lipinski definition) is 1. The van der Waals surface area contributed by atoms with Crippen molar-refractivity contribution in [3.63, 3.8) is 0 Å². The molecule has 0 heterocycles. The lowest BCUT2D eigenvalue weighted by molar-refractivity contribution is 0.194. The van der Waals surface area contributed by atoms with Crippen molar-refractivity contribution in [2.24, 2.45) is 0 Å². The molecule has 1 N–H and O–H groups in total. The SMILES string of the molecule is CC(O)Cc1c(F)ccc(Cl)c1Br. The summed E-state index contributed by atoms with van der Waals surface area (Å²) in [5.41, 5.74) is 0.419. The molecule has 1 aromatic carbocycles. The topological polar surface area (TPSA) is 20.2 Å². The van der Waals surface area contributed by atoms with Gasteiger partial charge < -0.3 is 5.11 Å². The number of halogens is 3. The largest absolute Gasteiger partial charge is 0.393 e. The molecular formula is C9H9BrClFO. The van der Waals surface area contributed by atoms with E-state index < -0.39 is 6.10 Å². The lowest BCUT2D eigenvalue weighted by Gasteiger charge is -2.09. The molecule has 0 saturated carbocycles. The zero-order chi connectivity index (χ0) is 10.0. The van der Waals surface area contributed by atoms with Crippen LogP contribution in [0.4, 0.5) is 4.39 Å². The van der Waals surface area contributed by atoms with E-state index in [1.54, 1.807) is 6.92 Å². The van der Waals surface area contributed by atoms with Crippen LogP contribution in [-0.2, 0) is 6.42 Å². The van der Waals surface area contributed by atoms with Gasteiger partial charge in [0.25, 0.3) is 0 Å². The van der Waals surface area contributed by atoms with Gasteiger partial charge in [-0.2, -0.15) is 0 Å². The molecule has 0 aliphatic heterocycles. The highest BCUT2D eigenvalue weighted by Crippen LogP contribution is 2.29. The Morgan fingerprint density at radius 1 is 1.62 bits per heavy atom. The van der Waals surface area contributed by atoms with Crippen molar-refractivity contribution in [1.29, 1.82) is 0 Å². The molecule has 4 heteroatoms. The molecular weight excluding hydrogens is 258 g/mol. The van der Waals surface area contributed by atoms with Crippen LogP contribution < -0.4 is 0 Å². The number of aliphatic hydroxyl groups is 1. The first-order chi connectivity index (χ1) is 6.02. The Morgan fingerprint density at radius 3 is 2.77 bits per heavy atom. The fourth-order valence-corrected chi connectivity index (χ4v) is 1.71. The summed E-state index contributed by atoms with van der Waals surface area (Å²) >= 11 is 8.95. The fourth-order valence-electron chi connectivity index (χ4n) is 1.05. The van der Waals surface area contributed by atoms with Gasteiger partial charge in [-0.05, 0) is 35.0 Å².